The minimum Gasteiger partial charge on any atom is -0.494 e. The molecule has 0 saturated heterocycles. The predicted molar refractivity (Wildman–Crippen MR) is 120 cm³/mol. The molecule has 0 aliphatic carbocycles. The first-order chi connectivity index (χ1) is 13.0. The first-order valence-corrected chi connectivity index (χ1v) is 9.84. The Labute approximate surface area is 180 Å². The van der Waals surface area contributed by atoms with Gasteiger partial charge < -0.3 is 9.64 Å². The lowest BCUT2D eigenvalue weighted by atomic mass is 10.2. The molecule has 2 aromatic carbocycles. The van der Waals surface area contributed by atoms with Crippen molar-refractivity contribution in [2.75, 3.05) is 39.2 Å². The van der Waals surface area contributed by atoms with E-state index in [2.05, 4.69) is 4.90 Å². The maximum Gasteiger partial charge on any atom is 0.260 e. The van der Waals surface area contributed by atoms with Crippen LogP contribution in [-0.2, 0) is 0 Å². The van der Waals surface area contributed by atoms with Gasteiger partial charge in [-0.3, -0.25) is 9.69 Å². The Hall–Kier alpha value is -1.86. The Bertz CT molecular complexity index is 929. The van der Waals surface area contributed by atoms with Crippen molar-refractivity contribution in [2.24, 2.45) is 0 Å². The molecule has 0 N–H and O–H groups in total. The largest absolute Gasteiger partial charge is 0.494 e. The van der Waals surface area contributed by atoms with Gasteiger partial charge in [0.05, 0.1) is 11.8 Å². The third-order valence-electron chi connectivity index (χ3n) is 4.14. The lowest BCUT2D eigenvalue weighted by Gasteiger charge is -2.21. The Balaban J connectivity index is 0.00000280. The van der Waals surface area contributed by atoms with Gasteiger partial charge in [-0.25, -0.2) is 4.98 Å². The second kappa shape index (κ2) is 10.1. The number of rotatable bonds is 7. The normalized spacial score (nSPS) is 10.8. The molecule has 0 aliphatic rings. The fraction of sp³-hybridized carbons (Fsp3) is 0.300. The maximum atomic E-state index is 13.2. The molecule has 3 rings (SSSR count). The summed E-state index contributed by atoms with van der Waals surface area (Å²) in [7, 11) is 5.67. The maximum absolute atomic E-state index is 13.2. The zero-order chi connectivity index (χ0) is 19.4. The summed E-state index contributed by atoms with van der Waals surface area (Å²) in [6.07, 6.45) is 0.847. The highest BCUT2D eigenvalue weighted by Crippen LogP contribution is 2.34. The van der Waals surface area contributed by atoms with E-state index in [4.69, 9.17) is 21.3 Å². The minimum atomic E-state index is -0.0801. The smallest absolute Gasteiger partial charge is 0.260 e. The number of methoxy groups -OCH3 is 1. The SMILES string of the molecule is COc1cccc2sc(N(CCCN(C)C)C(=O)c3ccc(Cl)cc3)nc12.Cl. The summed E-state index contributed by atoms with van der Waals surface area (Å²) in [5, 5.41) is 1.28. The van der Waals surface area contributed by atoms with E-state index >= 15 is 0 Å². The fourth-order valence-electron chi connectivity index (χ4n) is 2.77. The number of thiazole rings is 1. The number of carbonyl (C=O) groups excluding carboxylic acids is 1. The van der Waals surface area contributed by atoms with Crippen molar-refractivity contribution in [3.8, 4) is 5.75 Å². The van der Waals surface area contributed by atoms with Crippen LogP contribution in [0.4, 0.5) is 5.13 Å². The van der Waals surface area contributed by atoms with E-state index < -0.39 is 0 Å². The standard InChI is InChI=1S/C20H22ClN3O2S.ClH/c1-23(2)12-5-13-24(19(25)14-8-10-15(21)11-9-14)20-22-18-16(26-3)6-4-7-17(18)27-20;/h4,6-11H,5,12-13H2,1-3H3;1H. The van der Waals surface area contributed by atoms with Crippen LogP contribution in [-0.4, -0.2) is 50.1 Å². The number of hydrogen-bond acceptors (Lipinski definition) is 5. The number of benzene rings is 2. The number of hydrogen-bond donors (Lipinski definition) is 0. The van der Waals surface area contributed by atoms with Crippen molar-refractivity contribution in [3.05, 3.63) is 53.1 Å². The number of ether oxygens (including phenoxy) is 1. The first-order valence-electron chi connectivity index (χ1n) is 8.65. The number of anilines is 1. The summed E-state index contributed by atoms with van der Waals surface area (Å²) < 4.78 is 6.40. The van der Waals surface area contributed by atoms with Crippen LogP contribution in [0.5, 0.6) is 5.75 Å². The zero-order valence-electron chi connectivity index (χ0n) is 16.0. The van der Waals surface area contributed by atoms with E-state index in [1.54, 1.807) is 36.3 Å². The second-order valence-corrected chi connectivity index (χ2v) is 7.87. The van der Waals surface area contributed by atoms with Gasteiger partial charge in [0, 0.05) is 17.1 Å². The van der Waals surface area contributed by atoms with Gasteiger partial charge in [0.1, 0.15) is 11.3 Å². The van der Waals surface area contributed by atoms with Crippen molar-refractivity contribution in [1.82, 2.24) is 9.88 Å². The minimum absolute atomic E-state index is 0. The predicted octanol–water partition coefficient (Wildman–Crippen LogP) is 4.98. The van der Waals surface area contributed by atoms with Gasteiger partial charge in [-0.15, -0.1) is 12.4 Å². The second-order valence-electron chi connectivity index (χ2n) is 6.42. The summed E-state index contributed by atoms with van der Waals surface area (Å²) in [5.41, 5.74) is 1.37. The molecule has 0 saturated carbocycles. The van der Waals surface area contributed by atoms with E-state index in [1.165, 1.54) is 11.3 Å². The highest BCUT2D eigenvalue weighted by Gasteiger charge is 2.22. The van der Waals surface area contributed by atoms with Crippen molar-refractivity contribution < 1.29 is 9.53 Å². The molecule has 5 nitrogen and oxygen atoms in total. The Morgan fingerprint density at radius 3 is 2.50 bits per heavy atom. The van der Waals surface area contributed by atoms with Crippen molar-refractivity contribution in [2.45, 2.75) is 6.42 Å². The quantitative estimate of drug-likeness (QED) is 0.520. The van der Waals surface area contributed by atoms with Crippen LogP contribution in [0.2, 0.25) is 5.02 Å². The average Bonchev–Trinajstić information content (AvgIpc) is 3.09. The molecule has 0 radical (unpaired) electrons. The highest BCUT2D eigenvalue weighted by atomic mass is 35.5. The molecule has 1 aromatic heterocycles. The van der Waals surface area contributed by atoms with E-state index in [1.807, 2.05) is 32.3 Å². The molecule has 3 aromatic rings. The summed E-state index contributed by atoms with van der Waals surface area (Å²) >= 11 is 7.46. The van der Waals surface area contributed by atoms with Crippen LogP contribution in [0.25, 0.3) is 10.2 Å². The van der Waals surface area contributed by atoms with E-state index in [9.17, 15) is 4.79 Å². The van der Waals surface area contributed by atoms with Gasteiger partial charge in [0.2, 0.25) is 0 Å². The van der Waals surface area contributed by atoms with Crippen molar-refractivity contribution in [3.63, 3.8) is 0 Å². The molecule has 0 fully saturated rings. The molecule has 0 aliphatic heterocycles. The summed E-state index contributed by atoms with van der Waals surface area (Å²) in [4.78, 5) is 21.7. The van der Waals surface area contributed by atoms with Gasteiger partial charge >= 0.3 is 0 Å². The van der Waals surface area contributed by atoms with Gasteiger partial charge in [-0.05, 0) is 63.5 Å². The summed E-state index contributed by atoms with van der Waals surface area (Å²) in [6, 6.07) is 12.8. The lowest BCUT2D eigenvalue weighted by molar-refractivity contribution is 0.0986. The molecule has 0 bridgehead atoms. The van der Waals surface area contributed by atoms with Gasteiger partial charge in [-0.1, -0.05) is 29.0 Å². The van der Waals surface area contributed by atoms with Crippen molar-refractivity contribution in [1.29, 1.82) is 0 Å². The molecular formula is C20H23Cl2N3O2S. The molecule has 28 heavy (non-hydrogen) atoms. The van der Waals surface area contributed by atoms with Crippen LogP contribution in [0.15, 0.2) is 42.5 Å². The van der Waals surface area contributed by atoms with Gasteiger partial charge in [-0.2, -0.15) is 0 Å². The zero-order valence-corrected chi connectivity index (χ0v) is 18.4. The Kier molecular flexibility index (Phi) is 8.07. The van der Waals surface area contributed by atoms with Crippen LogP contribution in [0, 0.1) is 0 Å². The van der Waals surface area contributed by atoms with Crippen LogP contribution in [0.3, 0.4) is 0 Å². The third kappa shape index (κ3) is 5.14. The Morgan fingerprint density at radius 2 is 1.86 bits per heavy atom. The molecule has 8 heteroatoms. The molecular weight excluding hydrogens is 417 g/mol. The molecule has 0 unspecified atom stereocenters. The van der Waals surface area contributed by atoms with E-state index in [0.717, 1.165) is 23.2 Å². The number of fused-ring (bicyclic) bond motifs is 1. The number of nitrogens with zero attached hydrogens (tertiary/aromatic N) is 3. The molecule has 1 amide bonds. The van der Waals surface area contributed by atoms with Crippen LogP contribution in [0.1, 0.15) is 16.8 Å². The summed E-state index contributed by atoms with van der Waals surface area (Å²) in [6.45, 7) is 1.47. The number of aromatic nitrogens is 1. The molecule has 150 valence electrons. The van der Waals surface area contributed by atoms with Crippen LogP contribution < -0.4 is 9.64 Å². The molecule has 1 heterocycles. The van der Waals surface area contributed by atoms with Gasteiger partial charge in [0.15, 0.2) is 5.13 Å². The number of carbonyl (C=O) groups is 1. The molecule has 0 spiro atoms. The third-order valence-corrected chi connectivity index (χ3v) is 5.44. The van der Waals surface area contributed by atoms with Crippen LogP contribution >= 0.6 is 35.3 Å². The van der Waals surface area contributed by atoms with Crippen molar-refractivity contribution >= 4 is 56.6 Å². The van der Waals surface area contributed by atoms with E-state index in [-0.39, 0.29) is 18.3 Å². The number of para-hydroxylation sites is 1. The van der Waals surface area contributed by atoms with E-state index in [0.29, 0.717) is 28.0 Å². The number of amides is 1. The first kappa shape index (κ1) is 22.4. The lowest BCUT2D eigenvalue weighted by Crippen LogP contribution is -2.33. The highest BCUT2D eigenvalue weighted by molar-refractivity contribution is 7.22. The average molecular weight is 440 g/mol. The molecule has 0 atom stereocenters. The fourth-order valence-corrected chi connectivity index (χ4v) is 3.90. The monoisotopic (exact) mass is 439 g/mol. The summed E-state index contributed by atoms with van der Waals surface area (Å²) in [5.74, 6) is 0.630. The number of halogens is 2. The van der Waals surface area contributed by atoms with Gasteiger partial charge in [0.25, 0.3) is 5.91 Å². The topological polar surface area (TPSA) is 45.7 Å². The Morgan fingerprint density at radius 1 is 1.14 bits per heavy atom.